The molecule has 9 heteroatoms. The molecule has 1 saturated heterocycles. The zero-order valence-electron chi connectivity index (χ0n) is 15.4. The maximum atomic E-state index is 11.7. The molecule has 1 aliphatic heterocycles. The molecule has 0 spiro atoms. The number of carbonyl (C=O) groups is 1. The third kappa shape index (κ3) is 4.17. The van der Waals surface area contributed by atoms with Crippen molar-refractivity contribution in [1.82, 2.24) is 10.3 Å². The van der Waals surface area contributed by atoms with Crippen LogP contribution in [0.3, 0.4) is 0 Å². The molecule has 2 N–H and O–H groups in total. The first-order valence-electron chi connectivity index (χ1n) is 8.90. The van der Waals surface area contributed by atoms with Crippen molar-refractivity contribution in [3.8, 4) is 6.07 Å². The molecule has 0 unspecified atom stereocenters. The van der Waals surface area contributed by atoms with Crippen molar-refractivity contribution in [3.63, 3.8) is 0 Å². The van der Waals surface area contributed by atoms with E-state index in [9.17, 15) is 14.9 Å². The van der Waals surface area contributed by atoms with E-state index in [0.717, 1.165) is 31.7 Å². The van der Waals surface area contributed by atoms with E-state index in [1.807, 2.05) is 12.1 Å². The molecule has 2 heterocycles. The predicted octanol–water partition coefficient (Wildman–Crippen LogP) is 2.30. The quantitative estimate of drug-likeness (QED) is 0.602. The Bertz CT molecular complexity index is 914. The molecule has 1 aromatic heterocycles. The minimum absolute atomic E-state index is 0.0826. The highest BCUT2D eigenvalue weighted by Gasteiger charge is 2.23. The van der Waals surface area contributed by atoms with Gasteiger partial charge in [-0.1, -0.05) is 0 Å². The van der Waals surface area contributed by atoms with Crippen LogP contribution in [0.2, 0.25) is 0 Å². The Balaban J connectivity index is 1.66. The van der Waals surface area contributed by atoms with Gasteiger partial charge in [0.05, 0.1) is 10.5 Å². The molecule has 1 aromatic carbocycles. The van der Waals surface area contributed by atoms with Crippen molar-refractivity contribution in [2.75, 3.05) is 30.4 Å². The minimum atomic E-state index is -0.482. The largest absolute Gasteiger partial charge is 0.377 e. The molecule has 0 bridgehead atoms. The van der Waals surface area contributed by atoms with Crippen LogP contribution in [0, 0.1) is 21.4 Å². The molecular formula is C19H20N6O3. The number of pyridine rings is 1. The monoisotopic (exact) mass is 380 g/mol. The fourth-order valence-electron chi connectivity index (χ4n) is 3.20. The number of nitrogens with one attached hydrogen (secondary N) is 2. The number of benzene rings is 1. The summed E-state index contributed by atoms with van der Waals surface area (Å²) in [6.07, 6.45) is 3.13. The van der Waals surface area contributed by atoms with Crippen molar-refractivity contribution < 1.29 is 9.72 Å². The summed E-state index contributed by atoms with van der Waals surface area (Å²) in [4.78, 5) is 29.1. The van der Waals surface area contributed by atoms with Gasteiger partial charge in [-0.15, -0.1) is 0 Å². The Morgan fingerprint density at radius 2 is 2.07 bits per heavy atom. The molecule has 1 amide bonds. The van der Waals surface area contributed by atoms with Crippen molar-refractivity contribution in [2.45, 2.75) is 18.9 Å². The minimum Gasteiger partial charge on any atom is -0.377 e. The fraction of sp³-hybridized carbons (Fsp3) is 0.316. The van der Waals surface area contributed by atoms with Crippen LogP contribution in [0.5, 0.6) is 0 Å². The van der Waals surface area contributed by atoms with Gasteiger partial charge < -0.3 is 15.5 Å². The van der Waals surface area contributed by atoms with E-state index >= 15 is 0 Å². The topological polar surface area (TPSA) is 124 Å². The number of hydrogen-bond donors (Lipinski definition) is 2. The van der Waals surface area contributed by atoms with Gasteiger partial charge in [-0.2, -0.15) is 5.26 Å². The van der Waals surface area contributed by atoms with Crippen molar-refractivity contribution in [2.24, 2.45) is 0 Å². The number of rotatable bonds is 5. The zero-order valence-corrected chi connectivity index (χ0v) is 15.4. The summed E-state index contributed by atoms with van der Waals surface area (Å²) in [6.45, 7) is 1.50. The number of carbonyl (C=O) groups excluding carboxylic acids is 1. The average Bonchev–Trinajstić information content (AvgIpc) is 2.74. The van der Waals surface area contributed by atoms with E-state index in [0.29, 0.717) is 11.3 Å². The third-order valence-electron chi connectivity index (χ3n) is 4.74. The molecule has 9 nitrogen and oxygen atoms in total. The number of aromatic nitrogens is 1. The third-order valence-corrected chi connectivity index (χ3v) is 4.74. The van der Waals surface area contributed by atoms with E-state index in [1.54, 1.807) is 24.4 Å². The van der Waals surface area contributed by atoms with Crippen LogP contribution in [-0.4, -0.2) is 42.0 Å². The number of piperidine rings is 1. The summed E-state index contributed by atoms with van der Waals surface area (Å²) in [7, 11) is 1.48. The SMILES string of the molecule is CNC(=O)c1ccc(NC2CCN(c3ccc(C#N)cn3)CC2)c([N+](=O)[O-])c1. The Hall–Kier alpha value is -3.67. The van der Waals surface area contributed by atoms with Crippen LogP contribution in [-0.2, 0) is 0 Å². The van der Waals surface area contributed by atoms with Crippen LogP contribution in [0.4, 0.5) is 17.2 Å². The maximum Gasteiger partial charge on any atom is 0.293 e. The Morgan fingerprint density at radius 3 is 2.64 bits per heavy atom. The first-order valence-corrected chi connectivity index (χ1v) is 8.90. The van der Waals surface area contributed by atoms with Gasteiger partial charge >= 0.3 is 0 Å². The lowest BCUT2D eigenvalue weighted by molar-refractivity contribution is -0.384. The summed E-state index contributed by atoms with van der Waals surface area (Å²) >= 11 is 0. The summed E-state index contributed by atoms with van der Waals surface area (Å²) in [5, 5.41) is 26.0. The molecule has 28 heavy (non-hydrogen) atoms. The second-order valence-corrected chi connectivity index (χ2v) is 6.49. The predicted molar refractivity (Wildman–Crippen MR) is 104 cm³/mol. The molecule has 0 aliphatic carbocycles. The first kappa shape index (κ1) is 19.1. The zero-order chi connectivity index (χ0) is 20.1. The standard InChI is InChI=1S/C19H20N6O3/c1-21-19(26)14-3-4-16(17(10-14)25(27)28)23-15-6-8-24(9-7-15)18-5-2-13(11-20)12-22-18/h2-5,10,12,15,23H,6-9H2,1H3,(H,21,26). The van der Waals surface area contributed by atoms with Gasteiger partial charge in [-0.25, -0.2) is 4.98 Å². The molecular weight excluding hydrogens is 360 g/mol. The molecule has 144 valence electrons. The summed E-state index contributed by atoms with van der Waals surface area (Å²) in [5.41, 5.74) is 1.07. The normalized spacial score (nSPS) is 14.2. The van der Waals surface area contributed by atoms with E-state index in [4.69, 9.17) is 5.26 Å². The van der Waals surface area contributed by atoms with Crippen molar-refractivity contribution in [1.29, 1.82) is 5.26 Å². The van der Waals surface area contributed by atoms with E-state index in [-0.39, 0.29) is 23.2 Å². The number of nitro groups is 1. The van der Waals surface area contributed by atoms with Crippen LogP contribution < -0.4 is 15.5 Å². The summed E-state index contributed by atoms with van der Waals surface area (Å²) in [5.74, 6) is 0.455. The number of anilines is 2. The molecule has 1 aliphatic rings. The lowest BCUT2D eigenvalue weighted by Crippen LogP contribution is -2.39. The lowest BCUT2D eigenvalue weighted by atomic mass is 10.0. The van der Waals surface area contributed by atoms with Gasteiger partial charge in [0, 0.05) is 44.0 Å². The highest BCUT2D eigenvalue weighted by atomic mass is 16.6. The van der Waals surface area contributed by atoms with Gasteiger partial charge in [0.2, 0.25) is 0 Å². The number of nitrogens with zero attached hydrogens (tertiary/aromatic N) is 4. The van der Waals surface area contributed by atoms with Crippen LogP contribution in [0.25, 0.3) is 0 Å². The van der Waals surface area contributed by atoms with Crippen LogP contribution in [0.1, 0.15) is 28.8 Å². The molecule has 2 aromatic rings. The summed E-state index contributed by atoms with van der Waals surface area (Å²) < 4.78 is 0. The van der Waals surface area contributed by atoms with E-state index in [2.05, 4.69) is 20.5 Å². The number of nitriles is 1. The van der Waals surface area contributed by atoms with Gasteiger partial charge in [-0.05, 0) is 37.1 Å². The highest BCUT2D eigenvalue weighted by molar-refractivity contribution is 5.95. The molecule has 3 rings (SSSR count). The Labute approximate surface area is 162 Å². The van der Waals surface area contributed by atoms with Gasteiger partial charge in [0.15, 0.2) is 0 Å². The Kier molecular flexibility index (Phi) is 5.69. The van der Waals surface area contributed by atoms with Crippen LogP contribution >= 0.6 is 0 Å². The molecule has 0 radical (unpaired) electrons. The van der Waals surface area contributed by atoms with Crippen molar-refractivity contribution in [3.05, 3.63) is 57.8 Å². The first-order chi connectivity index (χ1) is 13.5. The molecule has 0 atom stereocenters. The average molecular weight is 380 g/mol. The second-order valence-electron chi connectivity index (χ2n) is 6.49. The summed E-state index contributed by atoms with van der Waals surface area (Å²) in [6, 6.07) is 10.1. The number of nitro benzene ring substituents is 1. The van der Waals surface area contributed by atoms with Gasteiger partial charge in [0.1, 0.15) is 17.6 Å². The van der Waals surface area contributed by atoms with Crippen LogP contribution in [0.15, 0.2) is 36.5 Å². The van der Waals surface area contributed by atoms with E-state index in [1.165, 1.54) is 13.1 Å². The number of hydrogen-bond acceptors (Lipinski definition) is 7. The smallest absolute Gasteiger partial charge is 0.293 e. The molecule has 1 fully saturated rings. The number of amides is 1. The lowest BCUT2D eigenvalue weighted by Gasteiger charge is -2.33. The Morgan fingerprint density at radius 1 is 1.32 bits per heavy atom. The van der Waals surface area contributed by atoms with Gasteiger partial charge in [0.25, 0.3) is 11.6 Å². The second kappa shape index (κ2) is 8.35. The fourth-order valence-corrected chi connectivity index (χ4v) is 3.20. The maximum absolute atomic E-state index is 11.7. The van der Waals surface area contributed by atoms with Crippen molar-refractivity contribution >= 4 is 23.1 Å². The van der Waals surface area contributed by atoms with E-state index < -0.39 is 4.92 Å². The van der Waals surface area contributed by atoms with Gasteiger partial charge in [-0.3, -0.25) is 14.9 Å². The highest BCUT2D eigenvalue weighted by Crippen LogP contribution is 2.28. The molecule has 0 saturated carbocycles.